The quantitative estimate of drug-likeness (QED) is 0.0274. The molecule has 4 saturated carbocycles. The predicted octanol–water partition coefficient (Wildman–Crippen LogP) is -8.92. The second-order valence-corrected chi connectivity index (χ2v) is 40.7. The van der Waals surface area contributed by atoms with Gasteiger partial charge in [-0.25, -0.2) is 0 Å². The Labute approximate surface area is 827 Å². The van der Waals surface area contributed by atoms with Gasteiger partial charge in [-0.1, -0.05) is 49.9 Å². The molecule has 0 radical (unpaired) electrons. The van der Waals surface area contributed by atoms with E-state index in [0.717, 1.165) is 19.3 Å². The number of unbranched alkanes of at least 4 members (excludes halogenated alkanes) is 2. The maximum Gasteiger partial charge on any atom is 0.239 e. The van der Waals surface area contributed by atoms with E-state index in [1.54, 1.807) is 24.3 Å². The molecular formula is C100H154N18O24+4. The van der Waals surface area contributed by atoms with Crippen LogP contribution in [-0.2, 0) is 109 Å². The molecule has 8 fully saturated rings. The molecule has 0 aromatic heterocycles. The Balaban J connectivity index is 0.000000317. The van der Waals surface area contributed by atoms with Crippen molar-refractivity contribution in [2.45, 2.75) is 281 Å². The van der Waals surface area contributed by atoms with Crippen LogP contribution < -0.4 is 108 Å². The number of phenolic OH excluding ortho intramolecular Hbond substituents is 2. The monoisotopic (exact) mass is 1990 g/mol. The fourth-order valence-electron chi connectivity index (χ4n) is 22.2. The van der Waals surface area contributed by atoms with Crippen molar-refractivity contribution in [1.29, 1.82) is 0 Å². The molecule has 2 aromatic carbocycles. The standard InChI is InChI=1S/2C50H75N9O12/c1-27(46(52)67)55-49(70)36-25-53-23-31(36)22-43(63)40(16-17-45(65)66)58-47(68)34-8-5-7-30(34)20-44(64)41(19-29-12-14-33(61)15-13-29)59-50(71)37-26-54-24-32(37)21-42(62)39(10-3-4-18-51)57-48(69)35-9-6-11-38(35)56-28(2)60;1-27(46(52)67)55-49(70)36-25-53-23-31(36)21-42(62)39(10-3-4-18-51)57-47(68)34-8-5-7-30(34)20-44(64)41(19-29-12-14-33(61)15-13-29)59-50(71)37-26-54-24-32(37)22-43(63)40(16-17-45(65)66)58-48(69)35-9-6-11-38(35)56-28(2)60/h12-15,27,30-32,34-41,53-54,61H,3-11,16-26,51H2,1-2H3,(H2,52,67)(H,55,70)(H,56,60)(H,57,69)(H,58,68)(H,59,71)(H,65,66);12-15,27,30-32,34-41,53-54,61H,3-11,16-26,51H2,1-2H3,(H2,52,67)(H,55,70)(H,56,60)(H,57,68)(H,58,69)(H,59,71)(H,65,66)/p+4/t2*27-,30?,31?,32?,34?,35?,36?,37?,38?,39-,40-,41-/m00/s1. The number of carboxylic acid groups (broad SMARTS) is 2. The predicted molar refractivity (Wildman–Crippen MR) is 504 cm³/mol. The summed E-state index contributed by atoms with van der Waals surface area (Å²) >= 11 is 0. The van der Waals surface area contributed by atoms with Crippen LogP contribution in [0.1, 0.15) is 219 Å². The van der Waals surface area contributed by atoms with Gasteiger partial charge in [-0.2, -0.15) is 0 Å². The fourth-order valence-corrected chi connectivity index (χ4v) is 22.2. The first-order valence-electron chi connectivity index (χ1n) is 51.2. The van der Waals surface area contributed by atoms with Gasteiger partial charge in [0.05, 0.1) is 137 Å². The number of hydrogen-bond donors (Lipinski definition) is 20. The molecule has 0 bridgehead atoms. The number of nitrogens with two attached hydrogens (primary N) is 6. The van der Waals surface area contributed by atoms with Crippen LogP contribution in [0, 0.1) is 82.9 Å². The Bertz CT molecular complexity index is 4710. The van der Waals surface area contributed by atoms with Crippen molar-refractivity contribution in [3.63, 3.8) is 0 Å². The van der Waals surface area contributed by atoms with Crippen molar-refractivity contribution in [3.05, 3.63) is 59.7 Å². The number of carboxylic acids is 2. The Kier molecular flexibility index (Phi) is 45.3. The summed E-state index contributed by atoms with van der Waals surface area (Å²) < 4.78 is 0. The lowest BCUT2D eigenvalue weighted by Crippen LogP contribution is -2.82. The number of hydrogen-bond acceptors (Lipinski definition) is 24. The van der Waals surface area contributed by atoms with E-state index >= 15 is 0 Å². The Morgan fingerprint density at radius 1 is 0.331 bits per heavy atom. The molecule has 30 N–H and O–H groups in total. The van der Waals surface area contributed by atoms with E-state index < -0.39 is 209 Å². The van der Waals surface area contributed by atoms with E-state index in [9.17, 15) is 116 Å². The zero-order valence-electron chi connectivity index (χ0n) is 82.5. The normalized spacial score (nSPS) is 25.5. The van der Waals surface area contributed by atoms with Gasteiger partial charge in [-0.15, -0.1) is 0 Å². The van der Waals surface area contributed by atoms with Gasteiger partial charge in [-0.05, 0) is 189 Å². The van der Waals surface area contributed by atoms with Gasteiger partial charge in [0.1, 0.15) is 23.6 Å². The summed E-state index contributed by atoms with van der Waals surface area (Å²) in [6.07, 6.45) is 8.98. The van der Waals surface area contributed by atoms with Gasteiger partial charge in [0.15, 0.2) is 34.7 Å². The minimum atomic E-state index is -1.41. The third-order valence-electron chi connectivity index (χ3n) is 30.3. The molecule has 16 unspecified atom stereocenters. The maximum absolute atomic E-state index is 14.5. The first-order valence-corrected chi connectivity index (χ1v) is 51.2. The first-order chi connectivity index (χ1) is 67.7. The second kappa shape index (κ2) is 56.5. The van der Waals surface area contributed by atoms with Crippen molar-refractivity contribution in [2.75, 3.05) is 65.4 Å². The highest BCUT2D eigenvalue weighted by Crippen LogP contribution is 2.39. The van der Waals surface area contributed by atoms with E-state index in [2.05, 4.69) is 64.6 Å². The number of carbonyl (C=O) groups is 20. The van der Waals surface area contributed by atoms with Crippen LogP contribution >= 0.6 is 0 Å². The van der Waals surface area contributed by atoms with Crippen molar-refractivity contribution >= 4 is 118 Å². The number of benzene rings is 2. The average Bonchev–Trinajstić information content (AvgIpc) is 1.65. The summed E-state index contributed by atoms with van der Waals surface area (Å²) in [5.74, 6) is -17.2. The van der Waals surface area contributed by atoms with Crippen LogP contribution in [0.25, 0.3) is 0 Å². The number of carbonyl (C=O) groups excluding carboxylic acids is 20. The molecule has 10 rings (SSSR count). The number of Topliss-reactive ketones (excluding diaryl/α,β-unsaturated/α-hetero) is 6. The Hall–Kier alpha value is -11.6. The molecular weight excluding hydrogens is 1840 g/mol. The molecule has 4 aliphatic heterocycles. The number of aliphatic carboxylic acids is 2. The van der Waals surface area contributed by atoms with Crippen LogP contribution in [0.2, 0.25) is 0 Å². The van der Waals surface area contributed by atoms with Crippen LogP contribution in [-0.4, -0.2) is 254 Å². The summed E-state index contributed by atoms with van der Waals surface area (Å²) in [6, 6.07) is 3.94. The van der Waals surface area contributed by atoms with Crippen molar-refractivity contribution in [3.8, 4) is 11.5 Å². The highest BCUT2D eigenvalue weighted by atomic mass is 16.4. The molecule has 42 heteroatoms. The average molecular weight is 1990 g/mol. The van der Waals surface area contributed by atoms with E-state index in [0.29, 0.717) is 173 Å². The van der Waals surface area contributed by atoms with E-state index in [4.69, 9.17) is 11.5 Å². The summed E-state index contributed by atoms with van der Waals surface area (Å²) in [5, 5.41) is 79.0. The van der Waals surface area contributed by atoms with Crippen LogP contribution in [0.3, 0.4) is 0 Å². The van der Waals surface area contributed by atoms with Gasteiger partial charge in [0, 0.05) is 112 Å². The smallest absolute Gasteiger partial charge is 0.239 e. The second-order valence-electron chi connectivity index (χ2n) is 40.7. The van der Waals surface area contributed by atoms with Crippen molar-refractivity contribution in [2.24, 2.45) is 94.3 Å². The van der Waals surface area contributed by atoms with Crippen LogP contribution in [0.4, 0.5) is 0 Å². The molecule has 4 saturated heterocycles. The van der Waals surface area contributed by atoms with Gasteiger partial charge in [0.25, 0.3) is 0 Å². The summed E-state index contributed by atoms with van der Waals surface area (Å²) in [7, 11) is 0. The van der Waals surface area contributed by atoms with Gasteiger partial charge < -0.3 is 127 Å². The molecule has 784 valence electrons. The lowest BCUT2D eigenvalue weighted by Gasteiger charge is -2.27. The molecule has 4 aliphatic carbocycles. The summed E-state index contributed by atoms with van der Waals surface area (Å²) in [4.78, 5) is 264. The number of phenols is 2. The molecule has 12 amide bonds. The zero-order chi connectivity index (χ0) is 104. The van der Waals surface area contributed by atoms with E-state index in [1.807, 2.05) is 21.3 Å². The zero-order valence-corrected chi connectivity index (χ0v) is 82.5. The molecule has 4 heterocycles. The molecule has 2 aromatic rings. The number of ketones is 6. The minimum Gasteiger partial charge on any atom is -0.550 e. The largest absolute Gasteiger partial charge is 0.550 e. The first kappa shape index (κ1) is 114. The SMILES string of the molecule is CC(=O)NC1CCCC1C(=O)N[C@@H](CCC(=O)[O-])C(=O)CC1C[NH2+]CC1C(=O)N[C@@H](Cc1ccc(O)cc1)C(=O)CC1CCCC1C(=O)N[C@@H](CCCC[NH3+])C(=O)CC1C[NH2+]CC1C(=O)N[C@@H](C)C(N)=O.CC(=O)NC1CCCC1C(=O)N[C@@H](CCCC[NH3+])C(=O)CC1C[NH2+]CC1C(=O)N[C@@H](Cc1ccc(O)cc1)C(=O)CC1CCCC1C(=O)N[C@@H](CCC(=O)[O-])C(=O)CC1C[NH2+]CC1C(=O)N[C@@H](C)C(N)=O. The third kappa shape index (κ3) is 34.9. The van der Waals surface area contributed by atoms with E-state index in [-0.39, 0.29) is 140 Å². The number of nitrogens with one attached hydrogen (secondary N) is 10. The number of aromatic hydroxyl groups is 2. The Morgan fingerprint density at radius 2 is 0.585 bits per heavy atom. The lowest BCUT2D eigenvalue weighted by atomic mass is 9.85. The topological polar surface area (TPSA) is 722 Å². The summed E-state index contributed by atoms with van der Waals surface area (Å²) in [6.45, 7) is 10.3. The number of quaternary nitrogens is 6. The summed E-state index contributed by atoms with van der Waals surface area (Å²) in [5.41, 5.74) is 19.8. The van der Waals surface area contributed by atoms with Crippen molar-refractivity contribution < 1.29 is 149 Å². The highest BCUT2D eigenvalue weighted by molar-refractivity contribution is 5.98. The number of primary amides is 2. The lowest BCUT2D eigenvalue weighted by molar-refractivity contribution is -0.639. The highest BCUT2D eigenvalue weighted by Gasteiger charge is 2.49. The molecule has 8 aliphatic rings. The van der Waals surface area contributed by atoms with Crippen LogP contribution in [0.15, 0.2) is 48.5 Å². The molecule has 42 nitrogen and oxygen atoms in total. The van der Waals surface area contributed by atoms with Crippen molar-refractivity contribution in [1.82, 2.24) is 53.2 Å². The van der Waals surface area contributed by atoms with Gasteiger partial charge in [-0.3, -0.25) is 86.3 Å². The fraction of sp³-hybridized carbons (Fsp3) is 0.680. The number of amides is 12. The minimum absolute atomic E-state index is 0.0178. The molecule has 24 atom stereocenters. The number of rotatable bonds is 56. The molecule has 0 spiro atoms. The van der Waals surface area contributed by atoms with Gasteiger partial charge in [0.2, 0.25) is 70.9 Å². The van der Waals surface area contributed by atoms with Crippen LogP contribution in [0.5, 0.6) is 11.5 Å². The van der Waals surface area contributed by atoms with Gasteiger partial charge >= 0.3 is 0 Å². The third-order valence-corrected chi connectivity index (χ3v) is 30.3. The molecule has 142 heavy (non-hydrogen) atoms. The van der Waals surface area contributed by atoms with E-state index in [1.165, 1.54) is 52.0 Å². The maximum atomic E-state index is 14.5. The Morgan fingerprint density at radius 3 is 0.873 bits per heavy atom.